The Labute approximate surface area is 120 Å². The predicted octanol–water partition coefficient (Wildman–Crippen LogP) is 4.37. The van der Waals surface area contributed by atoms with E-state index in [-0.39, 0.29) is 5.56 Å². The summed E-state index contributed by atoms with van der Waals surface area (Å²) in [6.07, 6.45) is 0. The number of halogens is 1. The Bertz CT molecular complexity index is 592. The minimum absolute atomic E-state index is 0.230. The third-order valence-corrected chi connectivity index (χ3v) is 4.03. The highest BCUT2D eigenvalue weighted by Gasteiger charge is 2.13. The number of aryl methyl sites for hydroxylation is 1. The van der Waals surface area contributed by atoms with Crippen molar-refractivity contribution in [3.63, 3.8) is 0 Å². The number of thioether (sulfide) groups is 1. The molecule has 19 heavy (non-hydrogen) atoms. The van der Waals surface area contributed by atoms with Gasteiger partial charge in [-0.3, -0.25) is 0 Å². The van der Waals surface area contributed by atoms with E-state index in [1.54, 1.807) is 24.8 Å². The van der Waals surface area contributed by atoms with E-state index in [4.69, 9.17) is 21.1 Å². The van der Waals surface area contributed by atoms with Crippen LogP contribution in [0.5, 0.6) is 0 Å². The minimum Gasteiger partial charge on any atom is -0.478 e. The molecule has 0 fully saturated rings. The number of hydrogen-bond acceptors (Lipinski definition) is 3. The Morgan fingerprint density at radius 3 is 2.74 bits per heavy atom. The number of carboxylic acid groups (broad SMARTS) is 1. The summed E-state index contributed by atoms with van der Waals surface area (Å²) < 4.78 is 5.41. The molecule has 100 valence electrons. The molecule has 0 radical (unpaired) electrons. The maximum Gasteiger partial charge on any atom is 0.339 e. The third-order valence-electron chi connectivity index (χ3n) is 2.66. The smallest absolute Gasteiger partial charge is 0.339 e. The van der Waals surface area contributed by atoms with Gasteiger partial charge in [-0.25, -0.2) is 4.79 Å². The van der Waals surface area contributed by atoms with Gasteiger partial charge in [-0.15, -0.1) is 11.8 Å². The zero-order chi connectivity index (χ0) is 13.8. The van der Waals surface area contributed by atoms with Gasteiger partial charge in [0.1, 0.15) is 17.1 Å². The highest BCUT2D eigenvalue weighted by Crippen LogP contribution is 2.25. The van der Waals surface area contributed by atoms with Gasteiger partial charge in [0.2, 0.25) is 0 Å². The molecule has 2 aromatic rings. The topological polar surface area (TPSA) is 50.4 Å². The molecule has 0 bridgehead atoms. The number of benzene rings is 1. The van der Waals surface area contributed by atoms with E-state index in [9.17, 15) is 4.79 Å². The lowest BCUT2D eigenvalue weighted by Crippen LogP contribution is -1.94. The van der Waals surface area contributed by atoms with Crippen LogP contribution < -0.4 is 0 Å². The first-order chi connectivity index (χ1) is 9.08. The zero-order valence-electron chi connectivity index (χ0n) is 10.4. The van der Waals surface area contributed by atoms with Crippen LogP contribution in [0.3, 0.4) is 0 Å². The molecule has 0 saturated carbocycles. The molecule has 3 nitrogen and oxygen atoms in total. The molecule has 1 aromatic heterocycles. The Balaban J connectivity index is 1.95. The summed E-state index contributed by atoms with van der Waals surface area (Å²) in [5.41, 5.74) is 1.30. The van der Waals surface area contributed by atoms with Gasteiger partial charge in [-0.2, -0.15) is 0 Å². The molecule has 5 heteroatoms. The second kappa shape index (κ2) is 6.17. The van der Waals surface area contributed by atoms with Crippen molar-refractivity contribution in [3.8, 4) is 0 Å². The number of carbonyl (C=O) groups is 1. The maximum absolute atomic E-state index is 10.9. The fourth-order valence-corrected chi connectivity index (χ4v) is 2.90. The second-order valence-electron chi connectivity index (χ2n) is 4.07. The fourth-order valence-electron chi connectivity index (χ4n) is 1.70. The van der Waals surface area contributed by atoms with Crippen molar-refractivity contribution < 1.29 is 14.3 Å². The molecule has 1 aromatic carbocycles. The van der Waals surface area contributed by atoms with Crippen molar-refractivity contribution in [2.75, 3.05) is 0 Å². The predicted molar refractivity (Wildman–Crippen MR) is 76.9 cm³/mol. The summed E-state index contributed by atoms with van der Waals surface area (Å²) in [4.78, 5) is 10.9. The first-order valence-electron chi connectivity index (χ1n) is 5.71. The average molecular weight is 297 g/mol. The molecule has 1 heterocycles. The van der Waals surface area contributed by atoms with Gasteiger partial charge in [-0.05, 0) is 24.6 Å². The molecule has 0 aliphatic rings. The largest absolute Gasteiger partial charge is 0.478 e. The highest BCUT2D eigenvalue weighted by atomic mass is 35.5. The lowest BCUT2D eigenvalue weighted by atomic mass is 10.2. The standard InChI is InChI=1S/C14H13ClO3S/c1-9-12(14(16)17)6-11(18-9)8-19-7-10-4-2-3-5-13(10)15/h2-6H,7-8H2,1H3,(H,16,17). The molecule has 0 amide bonds. The fraction of sp³-hybridized carbons (Fsp3) is 0.214. The van der Waals surface area contributed by atoms with Crippen LogP contribution in [0.25, 0.3) is 0 Å². The minimum atomic E-state index is -0.955. The van der Waals surface area contributed by atoms with Crippen molar-refractivity contribution in [2.45, 2.75) is 18.4 Å². The molecular weight excluding hydrogens is 284 g/mol. The van der Waals surface area contributed by atoms with Crippen LogP contribution >= 0.6 is 23.4 Å². The Morgan fingerprint density at radius 2 is 2.11 bits per heavy atom. The number of furan rings is 1. The maximum atomic E-state index is 10.9. The lowest BCUT2D eigenvalue weighted by molar-refractivity contribution is 0.0695. The summed E-state index contributed by atoms with van der Waals surface area (Å²) >= 11 is 7.70. The number of aromatic carboxylic acids is 1. The van der Waals surface area contributed by atoms with E-state index in [0.29, 0.717) is 17.3 Å². The molecule has 0 aliphatic heterocycles. The van der Waals surface area contributed by atoms with Crippen LogP contribution in [0.2, 0.25) is 5.02 Å². The lowest BCUT2D eigenvalue weighted by Gasteiger charge is -2.02. The third kappa shape index (κ3) is 3.55. The molecular formula is C14H13ClO3S. The Kier molecular flexibility index (Phi) is 4.56. The number of carboxylic acids is 1. The van der Waals surface area contributed by atoms with Crippen LogP contribution in [0.15, 0.2) is 34.7 Å². The summed E-state index contributed by atoms with van der Waals surface area (Å²) in [6, 6.07) is 9.26. The monoisotopic (exact) mass is 296 g/mol. The van der Waals surface area contributed by atoms with Gasteiger partial charge in [0.25, 0.3) is 0 Å². The van der Waals surface area contributed by atoms with Crippen LogP contribution in [0.4, 0.5) is 0 Å². The van der Waals surface area contributed by atoms with E-state index >= 15 is 0 Å². The van der Waals surface area contributed by atoms with E-state index in [0.717, 1.165) is 16.3 Å². The second-order valence-corrected chi connectivity index (χ2v) is 5.46. The quantitative estimate of drug-likeness (QED) is 0.890. The number of rotatable bonds is 5. The van der Waals surface area contributed by atoms with E-state index in [1.807, 2.05) is 24.3 Å². The number of hydrogen-bond donors (Lipinski definition) is 1. The van der Waals surface area contributed by atoms with Gasteiger partial charge in [-0.1, -0.05) is 29.8 Å². The Morgan fingerprint density at radius 1 is 1.37 bits per heavy atom. The van der Waals surface area contributed by atoms with Crippen LogP contribution in [0.1, 0.15) is 27.4 Å². The van der Waals surface area contributed by atoms with E-state index < -0.39 is 5.97 Å². The highest BCUT2D eigenvalue weighted by molar-refractivity contribution is 7.97. The van der Waals surface area contributed by atoms with E-state index in [1.165, 1.54) is 0 Å². The average Bonchev–Trinajstić information content (AvgIpc) is 2.73. The summed E-state index contributed by atoms with van der Waals surface area (Å²) in [6.45, 7) is 1.66. The first kappa shape index (κ1) is 14.0. The molecule has 0 aliphatic carbocycles. The van der Waals surface area contributed by atoms with Gasteiger partial charge >= 0.3 is 5.97 Å². The van der Waals surface area contributed by atoms with Gasteiger partial charge in [0, 0.05) is 10.8 Å². The van der Waals surface area contributed by atoms with Crippen LogP contribution in [0, 0.1) is 6.92 Å². The zero-order valence-corrected chi connectivity index (χ0v) is 11.9. The van der Waals surface area contributed by atoms with Crippen molar-refractivity contribution in [2.24, 2.45) is 0 Å². The van der Waals surface area contributed by atoms with Crippen LogP contribution in [-0.4, -0.2) is 11.1 Å². The summed E-state index contributed by atoms with van der Waals surface area (Å²) in [7, 11) is 0. The molecule has 0 unspecified atom stereocenters. The molecule has 0 atom stereocenters. The molecule has 2 rings (SSSR count). The molecule has 0 spiro atoms. The van der Waals surface area contributed by atoms with Crippen molar-refractivity contribution in [3.05, 3.63) is 58.0 Å². The first-order valence-corrected chi connectivity index (χ1v) is 7.25. The SMILES string of the molecule is Cc1oc(CSCc2ccccc2Cl)cc1C(=O)O. The van der Waals surface area contributed by atoms with E-state index in [2.05, 4.69) is 0 Å². The van der Waals surface area contributed by atoms with Gasteiger partial charge < -0.3 is 9.52 Å². The Hall–Kier alpha value is -1.39. The molecule has 1 N–H and O–H groups in total. The van der Waals surface area contributed by atoms with Crippen LogP contribution in [-0.2, 0) is 11.5 Å². The summed E-state index contributed by atoms with van der Waals surface area (Å²) in [5.74, 6) is 1.55. The van der Waals surface area contributed by atoms with Crippen molar-refractivity contribution in [1.82, 2.24) is 0 Å². The summed E-state index contributed by atoms with van der Waals surface area (Å²) in [5, 5.41) is 9.68. The van der Waals surface area contributed by atoms with Crippen molar-refractivity contribution >= 4 is 29.3 Å². The van der Waals surface area contributed by atoms with Gasteiger partial charge in [0.05, 0.1) is 5.75 Å². The van der Waals surface area contributed by atoms with Gasteiger partial charge in [0.15, 0.2) is 0 Å². The normalized spacial score (nSPS) is 10.6. The van der Waals surface area contributed by atoms with Crippen molar-refractivity contribution in [1.29, 1.82) is 0 Å². The molecule has 0 saturated heterocycles.